The molecule has 0 radical (unpaired) electrons. The Hall–Kier alpha value is -15.4. The SMILES string of the molecule is CC1(C)c2ccccc2N(c2nc(-c3ccc4ccccc4c3)c3cccnc3n2)c2cc3c(cc21)c1ccccc1n3-c1nc(-c2ccc3ccccc3c2)c2cccnc2n1.CC1(C)c2ccccc2Nc2cc3[nH]c4ccccc4c3cc21.Clc1nc(-c2ccc3ccccc3c2)c2cccnc2n1.Clc1nc(I)c2cccnc2n1.OB(O)c1ccc2ccccc2c1. The Kier molecular flexibility index (Phi) is 21.1. The minimum Gasteiger partial charge on any atom is -0.423 e. The average Bonchev–Trinajstić information content (AvgIpc) is 1.54. The van der Waals surface area contributed by atoms with Gasteiger partial charge in [0.2, 0.25) is 22.5 Å². The molecule has 22 heteroatoms. The summed E-state index contributed by atoms with van der Waals surface area (Å²) in [5, 5.41) is 39.5. The van der Waals surface area contributed by atoms with Crippen LogP contribution < -0.4 is 15.7 Å². The van der Waals surface area contributed by atoms with Crippen LogP contribution in [0.25, 0.3) is 171 Å². The molecule has 18 nitrogen and oxygen atoms in total. The van der Waals surface area contributed by atoms with E-state index in [2.05, 4.69) is 343 Å². The fourth-order valence-electron chi connectivity index (χ4n) is 18.5. The Morgan fingerprint density at radius 3 is 1.34 bits per heavy atom. The second-order valence-corrected chi connectivity index (χ2v) is 35.4. The van der Waals surface area contributed by atoms with Crippen LogP contribution in [0, 0.1) is 3.70 Å². The van der Waals surface area contributed by atoms with Crippen LogP contribution in [0.4, 0.5) is 28.7 Å². The lowest BCUT2D eigenvalue weighted by atomic mass is 9.73. The van der Waals surface area contributed by atoms with Gasteiger partial charge in [0.15, 0.2) is 22.6 Å². The number of rotatable bonds is 6. The summed E-state index contributed by atoms with van der Waals surface area (Å²) in [4.78, 5) is 61.7. The molecule has 132 heavy (non-hydrogen) atoms. The van der Waals surface area contributed by atoms with Crippen molar-refractivity contribution in [3.05, 3.63) is 401 Å². The fraction of sp³-hybridized carbons (Fsp3) is 0.0545. The minimum atomic E-state index is -1.38. The van der Waals surface area contributed by atoms with Gasteiger partial charge in [-0.2, -0.15) is 19.9 Å². The first kappa shape index (κ1) is 82.3. The molecule has 0 unspecified atom stereocenters. The molecule has 0 bridgehead atoms. The predicted molar refractivity (Wildman–Crippen MR) is 547 cm³/mol. The molecule has 0 amide bonds. The van der Waals surface area contributed by atoms with Crippen LogP contribution in [0.15, 0.2) is 365 Å². The summed E-state index contributed by atoms with van der Waals surface area (Å²) < 4.78 is 3.02. The van der Waals surface area contributed by atoms with Gasteiger partial charge < -0.3 is 20.3 Å². The summed E-state index contributed by atoms with van der Waals surface area (Å²) in [7, 11) is -1.38. The van der Waals surface area contributed by atoms with Crippen LogP contribution >= 0.6 is 45.8 Å². The Labute approximate surface area is 780 Å². The number of hydrogen-bond acceptors (Lipinski definition) is 16. The average molecular weight is 1860 g/mol. The molecule has 24 aromatic rings. The van der Waals surface area contributed by atoms with E-state index in [9.17, 15) is 0 Å². The van der Waals surface area contributed by atoms with Crippen LogP contribution in [-0.2, 0) is 10.8 Å². The van der Waals surface area contributed by atoms with Crippen LogP contribution in [-0.4, -0.2) is 86.5 Å². The van der Waals surface area contributed by atoms with Crippen molar-refractivity contribution in [3.63, 3.8) is 0 Å². The van der Waals surface area contributed by atoms with Crippen molar-refractivity contribution in [2.45, 2.75) is 38.5 Å². The van der Waals surface area contributed by atoms with Crippen molar-refractivity contribution in [1.29, 1.82) is 0 Å². The number of fused-ring (bicyclic) bond motifs is 18. The Morgan fingerprint density at radius 1 is 0.311 bits per heavy atom. The van der Waals surface area contributed by atoms with Gasteiger partial charge in [0, 0.05) is 112 Å². The van der Waals surface area contributed by atoms with E-state index >= 15 is 0 Å². The molecule has 26 rings (SSSR count). The van der Waals surface area contributed by atoms with E-state index in [4.69, 9.17) is 63.2 Å². The van der Waals surface area contributed by atoms with Crippen LogP contribution in [0.3, 0.4) is 0 Å². The van der Waals surface area contributed by atoms with Crippen molar-refractivity contribution >= 4 is 218 Å². The predicted octanol–water partition coefficient (Wildman–Crippen LogP) is 26.2. The molecule has 0 saturated heterocycles. The molecule has 14 aromatic carbocycles. The zero-order valence-electron chi connectivity index (χ0n) is 71.5. The van der Waals surface area contributed by atoms with Crippen LogP contribution in [0.2, 0.25) is 10.6 Å². The largest absolute Gasteiger partial charge is 0.488 e. The normalized spacial score (nSPS) is 12.8. The maximum atomic E-state index is 8.94. The molecular formula is C110H76BCl2IN16O2. The van der Waals surface area contributed by atoms with E-state index in [-0.39, 0.29) is 21.4 Å². The molecular weight excluding hydrogens is 1790 g/mol. The summed E-state index contributed by atoms with van der Waals surface area (Å²) >= 11 is 13.8. The number of H-pyrrole nitrogens is 1. The van der Waals surface area contributed by atoms with Gasteiger partial charge in [-0.05, 0) is 232 Å². The van der Waals surface area contributed by atoms with Gasteiger partial charge in [0.1, 0.15) is 3.70 Å². The van der Waals surface area contributed by atoms with E-state index in [0.29, 0.717) is 39.9 Å². The summed E-state index contributed by atoms with van der Waals surface area (Å²) in [6, 6.07) is 117. The zero-order chi connectivity index (χ0) is 89.5. The Balaban J connectivity index is 0.000000118. The highest BCUT2D eigenvalue weighted by Crippen LogP contribution is 2.54. The quantitative estimate of drug-likeness (QED) is 0.0525. The van der Waals surface area contributed by atoms with Crippen molar-refractivity contribution in [2.24, 2.45) is 0 Å². The fourth-order valence-corrected chi connectivity index (χ4v) is 19.6. The summed E-state index contributed by atoms with van der Waals surface area (Å²) in [6.45, 7) is 9.24. The smallest absolute Gasteiger partial charge is 0.423 e. The second kappa shape index (κ2) is 33.9. The van der Waals surface area contributed by atoms with Gasteiger partial charge >= 0.3 is 7.12 Å². The molecule has 2 aliphatic heterocycles. The third-order valence-electron chi connectivity index (χ3n) is 25.0. The van der Waals surface area contributed by atoms with Gasteiger partial charge in [-0.1, -0.05) is 252 Å². The van der Waals surface area contributed by atoms with Gasteiger partial charge in [0.05, 0.1) is 44.9 Å². The van der Waals surface area contributed by atoms with E-state index in [0.717, 1.165) is 119 Å². The minimum absolute atomic E-state index is 0.0102. The second-order valence-electron chi connectivity index (χ2n) is 33.7. The van der Waals surface area contributed by atoms with E-state index < -0.39 is 7.12 Å². The molecule has 0 aliphatic carbocycles. The van der Waals surface area contributed by atoms with Crippen molar-refractivity contribution < 1.29 is 10.0 Å². The Bertz CT molecular complexity index is 8760. The number of aromatic nitrogens is 14. The number of pyridine rings is 4. The number of benzene rings is 14. The number of aromatic amines is 1. The number of halogens is 3. The first-order valence-electron chi connectivity index (χ1n) is 43.2. The van der Waals surface area contributed by atoms with Crippen molar-refractivity contribution in [2.75, 3.05) is 10.2 Å². The molecule has 632 valence electrons. The van der Waals surface area contributed by atoms with Crippen molar-refractivity contribution in [1.82, 2.24) is 69.4 Å². The number of anilines is 5. The molecule has 2 aliphatic rings. The first-order chi connectivity index (χ1) is 64.5. The summed E-state index contributed by atoms with van der Waals surface area (Å²) in [5.74, 6) is 1.09. The van der Waals surface area contributed by atoms with E-state index in [1.165, 1.54) is 71.4 Å². The molecule has 0 spiro atoms. The highest BCUT2D eigenvalue weighted by Gasteiger charge is 2.40. The maximum absolute atomic E-state index is 8.94. The molecule has 4 N–H and O–H groups in total. The van der Waals surface area contributed by atoms with Gasteiger partial charge in [-0.3, -0.25) is 9.47 Å². The monoisotopic (exact) mass is 1860 g/mol. The lowest BCUT2D eigenvalue weighted by molar-refractivity contribution is 0.426. The number of nitrogens with zero attached hydrogens (tertiary/aromatic N) is 14. The Morgan fingerprint density at radius 2 is 0.750 bits per heavy atom. The highest BCUT2D eigenvalue weighted by atomic mass is 127. The standard InChI is InChI=1S/C55H36N8.C21H18N2.C17H10ClN3.C10H9BO2.C7H3ClIN3/c1-55(2)43-20-8-10-22-46(43)63(54-59-50(41-19-12-28-57-52(41)61-54)38-26-24-34-14-4-6-16-36(34)30-38)48-32-47-42(31-44(48)55)39-17-7-9-21-45(39)62(47)53-58-49(40-18-11-27-56-51(40)60-53)37-25-23-33-13-3-5-15-35(33)29-37;1-21(2)15-8-4-6-10-18(15)23-20-12-19-14(11-16(20)21)13-7-3-5-9-17(13)22-19;18-17-20-15(14-6-3-9-19-16(14)21-17)13-8-7-11-4-1-2-5-12(11)10-13;12-11(13)10-6-5-8-3-1-2-4-9(8)7-10;8-7-11-5(9)4-2-1-3-10-6(4)12-7/h3-32H,1-2H3;3-12,22-23H,1-2H3;1-10H;1-7,12-13H;1-3H. The van der Waals surface area contributed by atoms with Gasteiger partial charge in [-0.25, -0.2) is 39.9 Å². The van der Waals surface area contributed by atoms with Crippen molar-refractivity contribution in [3.8, 4) is 39.7 Å². The molecule has 12 heterocycles. The van der Waals surface area contributed by atoms with E-state index in [1.54, 1.807) is 36.9 Å². The first-order valence-corrected chi connectivity index (χ1v) is 45.0. The number of hydrogen-bond donors (Lipinski definition) is 4. The maximum Gasteiger partial charge on any atom is 0.488 e. The topological polar surface area (TPSA) is 231 Å². The third kappa shape index (κ3) is 15.1. The van der Waals surface area contributed by atoms with Crippen LogP contribution in [0.5, 0.6) is 0 Å². The zero-order valence-corrected chi connectivity index (χ0v) is 75.2. The highest BCUT2D eigenvalue weighted by molar-refractivity contribution is 14.1. The molecule has 10 aromatic heterocycles. The molecule has 0 fully saturated rings. The third-order valence-corrected chi connectivity index (χ3v) is 26.2. The molecule has 0 atom stereocenters. The number of para-hydroxylation sites is 4. The summed E-state index contributed by atoms with van der Waals surface area (Å²) in [5.41, 5.74) is 21.9. The van der Waals surface area contributed by atoms with Crippen LogP contribution in [0.1, 0.15) is 49.9 Å². The van der Waals surface area contributed by atoms with Gasteiger partial charge in [0.25, 0.3) is 0 Å². The molecule has 0 saturated carbocycles. The lowest BCUT2D eigenvalue weighted by Crippen LogP contribution is -2.31. The van der Waals surface area contributed by atoms with E-state index in [1.807, 2.05) is 84.9 Å². The summed E-state index contributed by atoms with van der Waals surface area (Å²) in [6.07, 6.45) is 6.99. The van der Waals surface area contributed by atoms with Gasteiger partial charge in [-0.15, -0.1) is 0 Å². The lowest BCUT2D eigenvalue weighted by Gasteiger charge is -2.41. The number of nitrogens with one attached hydrogen (secondary N) is 2.